The molecule has 0 radical (unpaired) electrons. The van der Waals surface area contributed by atoms with Gasteiger partial charge in [0.25, 0.3) is 5.69 Å². The van der Waals surface area contributed by atoms with Crippen molar-refractivity contribution in [3.63, 3.8) is 0 Å². The van der Waals surface area contributed by atoms with Gasteiger partial charge in [-0.3, -0.25) is 14.9 Å². The predicted molar refractivity (Wildman–Crippen MR) is 112 cm³/mol. The molecule has 0 fully saturated rings. The lowest BCUT2D eigenvalue weighted by Crippen LogP contribution is -1.87. The summed E-state index contributed by atoms with van der Waals surface area (Å²) in [6, 6.07) is 14.0. The Labute approximate surface area is 164 Å². The van der Waals surface area contributed by atoms with Crippen molar-refractivity contribution in [2.45, 2.75) is 6.92 Å². The number of benzene rings is 2. The number of rotatable bonds is 8. The maximum atomic E-state index is 10.8. The lowest BCUT2D eigenvalue weighted by Gasteiger charge is -2.05. The van der Waals surface area contributed by atoms with E-state index < -0.39 is 4.92 Å². The molecular weight excluding hydrogens is 354 g/mol. The second kappa shape index (κ2) is 10.4. The number of ether oxygens (including phenoxy) is 1. The predicted octanol–water partition coefficient (Wildman–Crippen LogP) is 5.40. The molecule has 0 spiro atoms. The minimum atomic E-state index is -0.420. The highest BCUT2D eigenvalue weighted by Crippen LogP contribution is 2.22. The van der Waals surface area contributed by atoms with Gasteiger partial charge >= 0.3 is 0 Å². The third kappa shape index (κ3) is 6.21. The Hall–Kier alpha value is -3.73. The monoisotopic (exact) mass is 375 g/mol. The molecule has 0 unspecified atom stereocenters. The van der Waals surface area contributed by atoms with Crippen LogP contribution in [0.15, 0.2) is 84.5 Å². The normalized spacial score (nSPS) is 12.5. The SMILES string of the molecule is COc1ccc(C(=C\C=C\C(C)=C\C=O)/C=C/c2ccc([N+](=O)[O-])cc2)cc1. The Morgan fingerprint density at radius 3 is 2.25 bits per heavy atom. The quantitative estimate of drug-likeness (QED) is 0.204. The summed E-state index contributed by atoms with van der Waals surface area (Å²) < 4.78 is 5.20. The summed E-state index contributed by atoms with van der Waals surface area (Å²) in [6.45, 7) is 1.85. The minimum absolute atomic E-state index is 0.0587. The van der Waals surface area contributed by atoms with E-state index in [1.165, 1.54) is 18.2 Å². The molecule has 2 aromatic carbocycles. The Bertz CT molecular complexity index is 934. The Morgan fingerprint density at radius 2 is 1.68 bits per heavy atom. The van der Waals surface area contributed by atoms with Gasteiger partial charge in [0.15, 0.2) is 0 Å². The van der Waals surface area contributed by atoms with Crippen LogP contribution in [0.1, 0.15) is 18.1 Å². The Kier molecular flexibility index (Phi) is 7.66. The van der Waals surface area contributed by atoms with Crippen LogP contribution in [0.2, 0.25) is 0 Å². The standard InChI is InChI=1S/C23H21NO4/c1-18(16-17-25)4-3-5-20(21-10-14-23(28-2)15-11-21)9-6-19-7-12-22(13-8-19)24(26)27/h3-17H,1-2H3/b4-3+,9-6+,18-16+,20-5-. The highest BCUT2D eigenvalue weighted by Gasteiger charge is 2.03. The Balaban J connectivity index is 2.32. The fourth-order valence-corrected chi connectivity index (χ4v) is 2.39. The molecule has 0 aromatic heterocycles. The van der Waals surface area contributed by atoms with Crippen molar-refractivity contribution in [3.8, 4) is 5.75 Å². The maximum Gasteiger partial charge on any atom is 0.269 e. The lowest BCUT2D eigenvalue weighted by molar-refractivity contribution is -0.384. The minimum Gasteiger partial charge on any atom is -0.497 e. The fourth-order valence-electron chi connectivity index (χ4n) is 2.39. The zero-order chi connectivity index (χ0) is 20.4. The highest BCUT2D eigenvalue weighted by molar-refractivity contribution is 5.80. The van der Waals surface area contributed by atoms with E-state index >= 15 is 0 Å². The van der Waals surface area contributed by atoms with Crippen LogP contribution in [0.4, 0.5) is 5.69 Å². The molecule has 0 N–H and O–H groups in total. The van der Waals surface area contributed by atoms with Crippen molar-refractivity contribution < 1.29 is 14.5 Å². The first-order chi connectivity index (χ1) is 13.5. The largest absolute Gasteiger partial charge is 0.497 e. The molecule has 0 saturated carbocycles. The van der Waals surface area contributed by atoms with Crippen LogP contribution < -0.4 is 4.74 Å². The van der Waals surface area contributed by atoms with E-state index in [4.69, 9.17) is 4.74 Å². The highest BCUT2D eigenvalue weighted by atomic mass is 16.6. The van der Waals surface area contributed by atoms with Gasteiger partial charge in [-0.05, 0) is 59.5 Å². The van der Waals surface area contributed by atoms with Crippen LogP contribution in [0.25, 0.3) is 11.6 Å². The van der Waals surface area contributed by atoms with E-state index in [1.807, 2.05) is 61.6 Å². The van der Waals surface area contributed by atoms with E-state index in [0.29, 0.717) is 0 Å². The first-order valence-electron chi connectivity index (χ1n) is 8.61. The fraction of sp³-hybridized carbons (Fsp3) is 0.0870. The number of nitrogens with zero attached hydrogens (tertiary/aromatic N) is 1. The van der Waals surface area contributed by atoms with Crippen LogP contribution in [-0.2, 0) is 4.79 Å². The molecule has 0 atom stereocenters. The van der Waals surface area contributed by atoms with Crippen LogP contribution in [0, 0.1) is 10.1 Å². The van der Waals surface area contributed by atoms with Crippen LogP contribution in [-0.4, -0.2) is 18.3 Å². The van der Waals surface area contributed by atoms with Gasteiger partial charge in [-0.15, -0.1) is 0 Å². The van der Waals surface area contributed by atoms with Gasteiger partial charge in [-0.2, -0.15) is 0 Å². The first-order valence-corrected chi connectivity index (χ1v) is 8.61. The van der Waals surface area contributed by atoms with E-state index in [-0.39, 0.29) is 5.69 Å². The van der Waals surface area contributed by atoms with E-state index in [2.05, 4.69) is 0 Å². The second-order valence-corrected chi connectivity index (χ2v) is 5.94. The summed E-state index contributed by atoms with van der Waals surface area (Å²) in [6.07, 6.45) is 11.7. The van der Waals surface area contributed by atoms with Gasteiger partial charge in [-0.25, -0.2) is 0 Å². The second-order valence-electron chi connectivity index (χ2n) is 5.94. The molecule has 0 heterocycles. The number of non-ortho nitro benzene ring substituents is 1. The zero-order valence-electron chi connectivity index (χ0n) is 15.7. The number of carbonyl (C=O) groups is 1. The lowest BCUT2D eigenvalue weighted by atomic mass is 10.0. The number of nitro benzene ring substituents is 1. The number of methoxy groups -OCH3 is 1. The van der Waals surface area contributed by atoms with Crippen LogP contribution in [0.5, 0.6) is 5.75 Å². The zero-order valence-corrected chi connectivity index (χ0v) is 15.7. The molecule has 2 aromatic rings. The molecule has 0 bridgehead atoms. The third-order valence-electron chi connectivity index (χ3n) is 3.95. The molecule has 2 rings (SSSR count). The van der Waals surface area contributed by atoms with E-state index in [1.54, 1.807) is 19.2 Å². The van der Waals surface area contributed by atoms with Gasteiger partial charge in [0.05, 0.1) is 12.0 Å². The molecule has 0 aliphatic carbocycles. The first kappa shape index (κ1) is 20.6. The average molecular weight is 375 g/mol. The molecule has 142 valence electrons. The number of allylic oxidation sites excluding steroid dienone is 7. The van der Waals surface area contributed by atoms with Crippen molar-refractivity contribution >= 4 is 23.6 Å². The average Bonchev–Trinajstić information content (AvgIpc) is 2.71. The molecule has 5 heteroatoms. The topological polar surface area (TPSA) is 69.4 Å². The number of carbonyl (C=O) groups excluding carboxylic acids is 1. The van der Waals surface area contributed by atoms with Gasteiger partial charge in [-0.1, -0.05) is 42.5 Å². The van der Waals surface area contributed by atoms with E-state index in [0.717, 1.165) is 34.3 Å². The maximum absolute atomic E-state index is 10.8. The summed E-state index contributed by atoms with van der Waals surface area (Å²) >= 11 is 0. The van der Waals surface area contributed by atoms with Crippen molar-refractivity contribution in [1.29, 1.82) is 0 Å². The summed E-state index contributed by atoms with van der Waals surface area (Å²) in [5.74, 6) is 0.766. The van der Waals surface area contributed by atoms with Crippen molar-refractivity contribution in [1.82, 2.24) is 0 Å². The van der Waals surface area contributed by atoms with Gasteiger partial charge in [0.2, 0.25) is 0 Å². The number of hydrogen-bond donors (Lipinski definition) is 0. The molecular formula is C23H21NO4. The molecule has 28 heavy (non-hydrogen) atoms. The molecule has 0 aliphatic heterocycles. The van der Waals surface area contributed by atoms with Gasteiger partial charge < -0.3 is 4.74 Å². The van der Waals surface area contributed by atoms with Crippen molar-refractivity contribution in [2.24, 2.45) is 0 Å². The molecule has 0 amide bonds. The number of nitro groups is 1. The summed E-state index contributed by atoms with van der Waals surface area (Å²) in [7, 11) is 1.62. The summed E-state index contributed by atoms with van der Waals surface area (Å²) in [5, 5.41) is 10.8. The van der Waals surface area contributed by atoms with Crippen molar-refractivity contribution in [3.05, 3.63) is 106 Å². The Morgan fingerprint density at radius 1 is 1.00 bits per heavy atom. The number of hydrogen-bond acceptors (Lipinski definition) is 4. The third-order valence-corrected chi connectivity index (χ3v) is 3.95. The summed E-state index contributed by atoms with van der Waals surface area (Å²) in [5.41, 5.74) is 3.69. The molecule has 5 nitrogen and oxygen atoms in total. The molecule has 0 aliphatic rings. The summed E-state index contributed by atoms with van der Waals surface area (Å²) in [4.78, 5) is 20.9. The van der Waals surface area contributed by atoms with Crippen LogP contribution >= 0.6 is 0 Å². The number of aldehydes is 1. The van der Waals surface area contributed by atoms with Gasteiger partial charge in [0.1, 0.15) is 12.0 Å². The van der Waals surface area contributed by atoms with Crippen LogP contribution in [0.3, 0.4) is 0 Å². The molecule has 0 saturated heterocycles. The van der Waals surface area contributed by atoms with Gasteiger partial charge in [0, 0.05) is 12.1 Å². The van der Waals surface area contributed by atoms with Crippen molar-refractivity contribution in [2.75, 3.05) is 7.11 Å². The van der Waals surface area contributed by atoms with E-state index in [9.17, 15) is 14.9 Å². The smallest absolute Gasteiger partial charge is 0.269 e.